The minimum absolute atomic E-state index is 0.292. The van der Waals surface area contributed by atoms with Crippen LogP contribution in [0.5, 0.6) is 0 Å². The molecule has 0 radical (unpaired) electrons. The van der Waals surface area contributed by atoms with E-state index in [0.29, 0.717) is 6.04 Å². The summed E-state index contributed by atoms with van der Waals surface area (Å²) in [4.78, 5) is 8.83. The zero-order valence-electron chi connectivity index (χ0n) is 16.3. The van der Waals surface area contributed by atoms with Crippen LogP contribution in [0.15, 0.2) is 47.6 Å². The molecule has 5 nitrogen and oxygen atoms in total. The molecule has 0 saturated carbocycles. The van der Waals surface area contributed by atoms with Crippen molar-refractivity contribution in [2.24, 2.45) is 12.0 Å². The molecule has 1 aromatic heterocycles. The first-order valence-electron chi connectivity index (χ1n) is 8.67. The minimum Gasteiger partial charge on any atom is -0.354 e. The van der Waals surface area contributed by atoms with Crippen LogP contribution in [-0.4, -0.2) is 55.1 Å². The van der Waals surface area contributed by atoms with Gasteiger partial charge in [0, 0.05) is 39.6 Å². The molecule has 2 aromatic rings. The lowest BCUT2D eigenvalue weighted by atomic mass is 10.0. The Morgan fingerprint density at radius 3 is 2.36 bits per heavy atom. The Hall–Kier alpha value is -2.27. The van der Waals surface area contributed by atoms with Gasteiger partial charge in [0.2, 0.25) is 0 Å². The summed E-state index contributed by atoms with van der Waals surface area (Å²) in [5, 5.41) is 3.52. The van der Waals surface area contributed by atoms with Crippen molar-refractivity contribution in [3.8, 4) is 0 Å². The van der Waals surface area contributed by atoms with Crippen LogP contribution >= 0.6 is 0 Å². The summed E-state index contributed by atoms with van der Waals surface area (Å²) in [6, 6.07) is 13.2. The average molecular weight is 342 g/mol. The fourth-order valence-electron chi connectivity index (χ4n) is 2.94. The number of aryl methyl sites for hydroxylation is 2. The number of benzene rings is 1. The van der Waals surface area contributed by atoms with E-state index >= 15 is 0 Å². The normalized spacial score (nSPS) is 13.2. The second-order valence-corrected chi connectivity index (χ2v) is 6.78. The number of hydrogen-bond acceptors (Lipinski definition) is 2. The van der Waals surface area contributed by atoms with E-state index in [-0.39, 0.29) is 0 Å². The summed E-state index contributed by atoms with van der Waals surface area (Å²) in [6.45, 7) is 3.74. The molecule has 0 spiro atoms. The molecule has 0 aliphatic rings. The van der Waals surface area contributed by atoms with E-state index in [1.807, 2.05) is 7.05 Å². The fourth-order valence-corrected chi connectivity index (χ4v) is 2.94. The molecule has 1 aromatic carbocycles. The SMILES string of the molecule is CN=C(NCC(c1ccc(C)cc1)N(C)C)N(C)Cc1cccn1C. The van der Waals surface area contributed by atoms with Gasteiger partial charge in [-0.2, -0.15) is 0 Å². The van der Waals surface area contributed by atoms with Gasteiger partial charge in [0.15, 0.2) is 5.96 Å². The summed E-state index contributed by atoms with van der Waals surface area (Å²) in [5.41, 5.74) is 3.85. The van der Waals surface area contributed by atoms with Crippen molar-refractivity contribution < 1.29 is 0 Å². The smallest absolute Gasteiger partial charge is 0.193 e. The Morgan fingerprint density at radius 1 is 1.16 bits per heavy atom. The van der Waals surface area contributed by atoms with Gasteiger partial charge in [0.1, 0.15) is 0 Å². The summed E-state index contributed by atoms with van der Waals surface area (Å²) >= 11 is 0. The third-order valence-corrected chi connectivity index (χ3v) is 4.56. The topological polar surface area (TPSA) is 35.8 Å². The van der Waals surface area contributed by atoms with Crippen LogP contribution in [0, 0.1) is 6.92 Å². The van der Waals surface area contributed by atoms with Crippen molar-refractivity contribution in [2.75, 3.05) is 34.7 Å². The number of rotatable bonds is 6. The number of nitrogens with one attached hydrogen (secondary N) is 1. The standard InChI is InChI=1S/C20H31N5/c1-16-9-11-17(12-10-16)19(23(3)4)14-22-20(21-2)25(6)15-18-8-7-13-24(18)5/h7-13,19H,14-15H2,1-6H3,(H,21,22). The van der Waals surface area contributed by atoms with E-state index in [0.717, 1.165) is 19.0 Å². The summed E-state index contributed by atoms with van der Waals surface area (Å²) < 4.78 is 2.14. The maximum atomic E-state index is 4.44. The lowest BCUT2D eigenvalue weighted by Gasteiger charge is -2.28. The maximum absolute atomic E-state index is 4.44. The van der Waals surface area contributed by atoms with E-state index in [4.69, 9.17) is 0 Å². The highest BCUT2D eigenvalue weighted by atomic mass is 15.3. The second kappa shape index (κ2) is 8.72. The van der Waals surface area contributed by atoms with E-state index < -0.39 is 0 Å². The first-order valence-corrected chi connectivity index (χ1v) is 8.67. The van der Waals surface area contributed by atoms with Crippen LogP contribution in [0.25, 0.3) is 0 Å². The largest absolute Gasteiger partial charge is 0.354 e. The highest BCUT2D eigenvalue weighted by molar-refractivity contribution is 5.79. The first-order chi connectivity index (χ1) is 11.9. The van der Waals surface area contributed by atoms with Crippen LogP contribution in [0.1, 0.15) is 22.9 Å². The lowest BCUT2D eigenvalue weighted by molar-refractivity contribution is 0.295. The Bertz CT molecular complexity index is 684. The average Bonchev–Trinajstić information content (AvgIpc) is 2.97. The molecule has 1 heterocycles. The van der Waals surface area contributed by atoms with E-state index in [9.17, 15) is 0 Å². The molecule has 0 aliphatic heterocycles. The van der Waals surface area contributed by atoms with Gasteiger partial charge in [0.05, 0.1) is 12.6 Å². The highest BCUT2D eigenvalue weighted by Gasteiger charge is 2.16. The number of nitrogens with zero attached hydrogens (tertiary/aromatic N) is 4. The molecule has 0 saturated heterocycles. The van der Waals surface area contributed by atoms with Crippen LogP contribution in [0.3, 0.4) is 0 Å². The van der Waals surface area contributed by atoms with Crippen molar-refractivity contribution in [1.82, 2.24) is 19.7 Å². The molecule has 1 unspecified atom stereocenters. The first kappa shape index (κ1) is 19.1. The number of aromatic nitrogens is 1. The van der Waals surface area contributed by atoms with Crippen LogP contribution in [-0.2, 0) is 13.6 Å². The molecular formula is C20H31N5. The lowest BCUT2D eigenvalue weighted by Crippen LogP contribution is -2.42. The van der Waals surface area contributed by atoms with Gasteiger partial charge >= 0.3 is 0 Å². The third kappa shape index (κ3) is 5.10. The molecule has 0 aliphatic carbocycles. The molecule has 0 amide bonds. The number of aliphatic imine (C=N–C) groups is 1. The van der Waals surface area contributed by atoms with Gasteiger partial charge in [-0.15, -0.1) is 0 Å². The molecule has 1 atom stereocenters. The molecule has 0 bridgehead atoms. The van der Waals surface area contributed by atoms with E-state index in [1.165, 1.54) is 16.8 Å². The third-order valence-electron chi connectivity index (χ3n) is 4.56. The highest BCUT2D eigenvalue weighted by Crippen LogP contribution is 2.18. The molecule has 0 fully saturated rings. The summed E-state index contributed by atoms with van der Waals surface area (Å²) in [6.07, 6.45) is 2.07. The van der Waals surface area contributed by atoms with Crippen molar-refractivity contribution >= 4 is 5.96 Å². The minimum atomic E-state index is 0.292. The number of hydrogen-bond donors (Lipinski definition) is 1. The number of guanidine groups is 1. The maximum Gasteiger partial charge on any atom is 0.193 e. The van der Waals surface area contributed by atoms with Crippen molar-refractivity contribution in [1.29, 1.82) is 0 Å². The van der Waals surface area contributed by atoms with Gasteiger partial charge in [-0.1, -0.05) is 29.8 Å². The molecule has 5 heteroatoms. The predicted molar refractivity (Wildman–Crippen MR) is 106 cm³/mol. The Labute approximate surface area is 152 Å². The van der Waals surface area contributed by atoms with Crippen LogP contribution in [0.4, 0.5) is 0 Å². The number of likely N-dealkylation sites (N-methyl/N-ethyl adjacent to an activating group) is 1. The Morgan fingerprint density at radius 2 is 1.84 bits per heavy atom. The predicted octanol–water partition coefficient (Wildman–Crippen LogP) is 2.64. The van der Waals surface area contributed by atoms with Gasteiger partial charge in [-0.05, 0) is 38.7 Å². The molecule has 1 N–H and O–H groups in total. The van der Waals surface area contributed by atoms with Gasteiger partial charge < -0.3 is 19.7 Å². The molecule has 136 valence electrons. The Balaban J connectivity index is 2.02. The quantitative estimate of drug-likeness (QED) is 0.648. The van der Waals surface area contributed by atoms with Crippen molar-refractivity contribution in [3.63, 3.8) is 0 Å². The zero-order chi connectivity index (χ0) is 18.4. The van der Waals surface area contributed by atoms with Crippen molar-refractivity contribution in [2.45, 2.75) is 19.5 Å². The Kier molecular flexibility index (Phi) is 6.65. The zero-order valence-corrected chi connectivity index (χ0v) is 16.3. The molecule has 2 rings (SSSR count). The second-order valence-electron chi connectivity index (χ2n) is 6.78. The van der Waals surface area contributed by atoms with Gasteiger partial charge in [-0.25, -0.2) is 0 Å². The van der Waals surface area contributed by atoms with Gasteiger partial charge in [-0.3, -0.25) is 4.99 Å². The van der Waals surface area contributed by atoms with E-state index in [1.54, 1.807) is 0 Å². The van der Waals surface area contributed by atoms with Crippen LogP contribution in [0.2, 0.25) is 0 Å². The molecule has 25 heavy (non-hydrogen) atoms. The summed E-state index contributed by atoms with van der Waals surface area (Å²) in [5.74, 6) is 0.903. The summed E-state index contributed by atoms with van der Waals surface area (Å²) in [7, 11) is 10.2. The molecular weight excluding hydrogens is 310 g/mol. The fraction of sp³-hybridized carbons (Fsp3) is 0.450. The van der Waals surface area contributed by atoms with Crippen LogP contribution < -0.4 is 5.32 Å². The van der Waals surface area contributed by atoms with Gasteiger partial charge in [0.25, 0.3) is 0 Å². The van der Waals surface area contributed by atoms with Crippen molar-refractivity contribution in [3.05, 3.63) is 59.4 Å². The van der Waals surface area contributed by atoms with E-state index in [2.05, 4.69) is 102 Å². The monoisotopic (exact) mass is 341 g/mol.